The zero-order valence-corrected chi connectivity index (χ0v) is 13.6. The number of nitrogens with one attached hydrogen (secondary N) is 1. The number of thioether (sulfide) groups is 1. The molecule has 1 aliphatic heterocycles. The van der Waals surface area contributed by atoms with Crippen molar-refractivity contribution < 1.29 is 0 Å². The van der Waals surface area contributed by atoms with Gasteiger partial charge in [-0.2, -0.15) is 11.8 Å². The Hall–Kier alpha value is -0.470. The topological polar surface area (TPSA) is 12.0 Å². The lowest BCUT2D eigenvalue weighted by Gasteiger charge is -2.35. The lowest BCUT2D eigenvalue weighted by atomic mass is 9.79. The van der Waals surface area contributed by atoms with Crippen molar-refractivity contribution in [1.29, 1.82) is 0 Å². The molecule has 0 bridgehead atoms. The van der Waals surface area contributed by atoms with Crippen LogP contribution in [0.1, 0.15) is 69.0 Å². The molecule has 1 aromatic carbocycles. The maximum Gasteiger partial charge on any atom is 0.0466 e. The summed E-state index contributed by atoms with van der Waals surface area (Å²) in [6, 6.07) is 10.0. The standard InChI is InChI=1S/C18H27NS/c1-3-19-17(18(2)12-5-13-20-18)16-10-8-15(9-11-16)14-6-4-7-14/h8-11,14,17,19H,3-7,12-13H2,1-2H3. The molecule has 0 amide bonds. The molecule has 2 fully saturated rings. The fourth-order valence-electron chi connectivity index (χ4n) is 3.62. The van der Waals surface area contributed by atoms with Gasteiger partial charge in [0.25, 0.3) is 0 Å². The predicted octanol–water partition coefficient (Wildman–Crippen LogP) is 4.89. The summed E-state index contributed by atoms with van der Waals surface area (Å²) in [7, 11) is 0. The van der Waals surface area contributed by atoms with Crippen molar-refractivity contribution in [1.82, 2.24) is 5.32 Å². The van der Waals surface area contributed by atoms with Crippen molar-refractivity contribution in [2.45, 2.75) is 62.7 Å². The van der Waals surface area contributed by atoms with Gasteiger partial charge >= 0.3 is 0 Å². The maximum atomic E-state index is 3.74. The molecule has 1 aromatic rings. The Kier molecular flexibility index (Phi) is 4.42. The average molecular weight is 289 g/mol. The van der Waals surface area contributed by atoms with Crippen LogP contribution in [0.4, 0.5) is 0 Å². The predicted molar refractivity (Wildman–Crippen MR) is 89.5 cm³/mol. The highest BCUT2D eigenvalue weighted by Gasteiger charge is 2.38. The van der Waals surface area contributed by atoms with Crippen molar-refractivity contribution in [2.24, 2.45) is 0 Å². The maximum absolute atomic E-state index is 3.74. The summed E-state index contributed by atoms with van der Waals surface area (Å²) in [5, 5.41) is 3.74. The molecule has 20 heavy (non-hydrogen) atoms. The molecule has 1 saturated carbocycles. The van der Waals surface area contributed by atoms with Crippen molar-refractivity contribution in [3.05, 3.63) is 35.4 Å². The number of hydrogen-bond acceptors (Lipinski definition) is 2. The molecule has 1 nitrogen and oxygen atoms in total. The summed E-state index contributed by atoms with van der Waals surface area (Å²) in [6.45, 7) is 5.71. The van der Waals surface area contributed by atoms with Crippen LogP contribution in [0.15, 0.2) is 24.3 Å². The number of rotatable bonds is 5. The van der Waals surface area contributed by atoms with Crippen molar-refractivity contribution in [2.75, 3.05) is 12.3 Å². The molecule has 2 aliphatic rings. The summed E-state index contributed by atoms with van der Waals surface area (Å²) < 4.78 is 0.369. The van der Waals surface area contributed by atoms with E-state index in [0.717, 1.165) is 12.5 Å². The number of hydrogen-bond donors (Lipinski definition) is 1. The smallest absolute Gasteiger partial charge is 0.0466 e. The van der Waals surface area contributed by atoms with Gasteiger partial charge in [-0.3, -0.25) is 0 Å². The Bertz CT molecular complexity index is 429. The van der Waals surface area contributed by atoms with Crippen LogP contribution in [0, 0.1) is 0 Å². The summed E-state index contributed by atoms with van der Waals surface area (Å²) in [4.78, 5) is 0. The Balaban J connectivity index is 1.79. The SMILES string of the molecule is CCNC(c1ccc(C2CCC2)cc1)C1(C)CCCS1. The second kappa shape index (κ2) is 6.11. The van der Waals surface area contributed by atoms with E-state index in [4.69, 9.17) is 0 Å². The molecule has 2 heteroatoms. The van der Waals surface area contributed by atoms with E-state index in [9.17, 15) is 0 Å². The van der Waals surface area contributed by atoms with Crippen molar-refractivity contribution in [3.63, 3.8) is 0 Å². The van der Waals surface area contributed by atoms with E-state index >= 15 is 0 Å². The summed E-state index contributed by atoms with van der Waals surface area (Å²) in [5.74, 6) is 2.16. The Morgan fingerprint density at radius 1 is 1.25 bits per heavy atom. The molecule has 1 heterocycles. The first-order valence-electron chi connectivity index (χ1n) is 8.20. The molecule has 1 aliphatic carbocycles. The van der Waals surface area contributed by atoms with Crippen LogP contribution in [0.2, 0.25) is 0 Å². The highest BCUT2D eigenvalue weighted by Crippen LogP contribution is 2.47. The van der Waals surface area contributed by atoms with Crippen LogP contribution in [0.5, 0.6) is 0 Å². The first-order chi connectivity index (χ1) is 9.73. The van der Waals surface area contributed by atoms with E-state index in [1.807, 2.05) is 0 Å². The molecule has 3 rings (SSSR count). The zero-order chi connectivity index (χ0) is 14.0. The van der Waals surface area contributed by atoms with Gasteiger partial charge in [0, 0.05) is 10.8 Å². The minimum absolute atomic E-state index is 0.369. The first-order valence-corrected chi connectivity index (χ1v) is 9.19. The molecule has 110 valence electrons. The molecule has 0 spiro atoms. The highest BCUT2D eigenvalue weighted by atomic mass is 32.2. The minimum Gasteiger partial charge on any atom is -0.309 e. The van der Waals surface area contributed by atoms with Gasteiger partial charge in [0.1, 0.15) is 0 Å². The summed E-state index contributed by atoms with van der Waals surface area (Å²) in [5.41, 5.74) is 3.03. The molecule has 2 atom stereocenters. The van der Waals surface area contributed by atoms with E-state index in [1.54, 1.807) is 5.56 Å². The van der Waals surface area contributed by atoms with Gasteiger partial charge in [-0.25, -0.2) is 0 Å². The van der Waals surface area contributed by atoms with Gasteiger partial charge < -0.3 is 5.32 Å². The van der Waals surface area contributed by atoms with E-state index in [0.29, 0.717) is 10.8 Å². The van der Waals surface area contributed by atoms with Crippen LogP contribution in [-0.2, 0) is 0 Å². The largest absolute Gasteiger partial charge is 0.309 e. The van der Waals surface area contributed by atoms with Gasteiger partial charge in [0.05, 0.1) is 0 Å². The fraction of sp³-hybridized carbons (Fsp3) is 0.667. The molecule has 2 unspecified atom stereocenters. The lowest BCUT2D eigenvalue weighted by Crippen LogP contribution is -2.37. The second-order valence-corrected chi connectivity index (χ2v) is 8.18. The van der Waals surface area contributed by atoms with Gasteiger partial charge in [-0.15, -0.1) is 0 Å². The van der Waals surface area contributed by atoms with Crippen LogP contribution in [0.3, 0.4) is 0 Å². The van der Waals surface area contributed by atoms with Crippen LogP contribution in [-0.4, -0.2) is 17.0 Å². The Morgan fingerprint density at radius 2 is 2.00 bits per heavy atom. The van der Waals surface area contributed by atoms with Crippen LogP contribution < -0.4 is 5.32 Å². The monoisotopic (exact) mass is 289 g/mol. The summed E-state index contributed by atoms with van der Waals surface area (Å²) >= 11 is 2.15. The van der Waals surface area contributed by atoms with Crippen LogP contribution >= 0.6 is 11.8 Å². The zero-order valence-electron chi connectivity index (χ0n) is 12.8. The fourth-order valence-corrected chi connectivity index (χ4v) is 5.05. The third-order valence-electron chi connectivity index (χ3n) is 5.11. The van der Waals surface area contributed by atoms with Crippen LogP contribution in [0.25, 0.3) is 0 Å². The Morgan fingerprint density at radius 3 is 2.50 bits per heavy atom. The average Bonchev–Trinajstić information content (AvgIpc) is 2.83. The van der Waals surface area contributed by atoms with E-state index in [2.05, 4.69) is 55.2 Å². The Labute approximate surface area is 127 Å². The van der Waals surface area contributed by atoms with Crippen molar-refractivity contribution in [3.8, 4) is 0 Å². The molecule has 0 radical (unpaired) electrons. The second-order valence-electron chi connectivity index (χ2n) is 6.55. The van der Waals surface area contributed by atoms with Crippen molar-refractivity contribution >= 4 is 11.8 Å². The van der Waals surface area contributed by atoms with Gasteiger partial charge in [-0.05, 0) is 61.9 Å². The third-order valence-corrected chi connectivity index (χ3v) is 6.71. The lowest BCUT2D eigenvalue weighted by molar-refractivity contribution is 0.415. The first kappa shape index (κ1) is 14.5. The molecule has 1 N–H and O–H groups in total. The molecular weight excluding hydrogens is 262 g/mol. The van der Waals surface area contributed by atoms with E-state index in [-0.39, 0.29) is 0 Å². The third kappa shape index (κ3) is 2.78. The normalized spacial score (nSPS) is 28.3. The van der Waals surface area contributed by atoms with Gasteiger partial charge in [0.15, 0.2) is 0 Å². The molecule has 1 saturated heterocycles. The molecular formula is C18H27NS. The quantitative estimate of drug-likeness (QED) is 0.828. The van der Waals surface area contributed by atoms with E-state index < -0.39 is 0 Å². The van der Waals surface area contributed by atoms with Gasteiger partial charge in [-0.1, -0.05) is 37.6 Å². The summed E-state index contributed by atoms with van der Waals surface area (Å²) in [6.07, 6.45) is 6.90. The van der Waals surface area contributed by atoms with Gasteiger partial charge in [0.2, 0.25) is 0 Å². The van der Waals surface area contributed by atoms with E-state index in [1.165, 1.54) is 43.4 Å². The number of benzene rings is 1. The highest BCUT2D eigenvalue weighted by molar-refractivity contribution is 8.00. The molecule has 0 aromatic heterocycles. The minimum atomic E-state index is 0.369.